The summed E-state index contributed by atoms with van der Waals surface area (Å²) in [6.45, 7) is 3.25. The van der Waals surface area contributed by atoms with Crippen molar-refractivity contribution in [1.29, 1.82) is 0 Å². The maximum absolute atomic E-state index is 11.1. The van der Waals surface area contributed by atoms with Crippen LogP contribution in [0.5, 0.6) is 0 Å². The Hall–Kier alpha value is -2.17. The minimum atomic E-state index is -0.833. The van der Waals surface area contributed by atoms with E-state index in [4.69, 9.17) is 14.6 Å². The number of aliphatic carboxylic acids is 1. The first-order valence-corrected chi connectivity index (χ1v) is 5.38. The Morgan fingerprint density at radius 1 is 1.28 bits per heavy atom. The molecule has 5 heteroatoms. The van der Waals surface area contributed by atoms with E-state index in [9.17, 15) is 9.59 Å². The van der Waals surface area contributed by atoms with Crippen LogP contribution in [0.15, 0.2) is 24.3 Å². The molecule has 0 amide bonds. The summed E-state index contributed by atoms with van der Waals surface area (Å²) in [7, 11) is 0. The zero-order chi connectivity index (χ0) is 14.0. The number of carbonyl (C=O) groups is 3. The molecule has 0 saturated carbocycles. The average molecular weight is 252 g/mol. The largest absolute Gasteiger partial charge is 0.481 e. The number of rotatable bonds is 4. The van der Waals surface area contributed by atoms with Crippen LogP contribution in [-0.4, -0.2) is 29.9 Å². The van der Waals surface area contributed by atoms with Gasteiger partial charge in [0.05, 0.1) is 13.0 Å². The standard InChI is InChI=1S/C11H12O3.C2H4O2/c1-2-14-11(13)7-9-3-5-10(8-12)6-4-9;1-2(3)4/h3-6,8H,2,7H2,1H3;1H3,(H,3,4). The van der Waals surface area contributed by atoms with Crippen LogP contribution in [0.3, 0.4) is 0 Å². The molecule has 1 N–H and O–H groups in total. The Kier molecular flexibility index (Phi) is 7.85. The molecule has 1 aromatic carbocycles. The van der Waals surface area contributed by atoms with Gasteiger partial charge in [0, 0.05) is 12.5 Å². The molecular formula is C13H16O5. The van der Waals surface area contributed by atoms with E-state index in [1.165, 1.54) is 0 Å². The molecule has 0 bridgehead atoms. The van der Waals surface area contributed by atoms with E-state index in [0.717, 1.165) is 18.8 Å². The van der Waals surface area contributed by atoms with Crippen molar-refractivity contribution in [3.8, 4) is 0 Å². The summed E-state index contributed by atoms with van der Waals surface area (Å²) in [4.78, 5) is 30.4. The molecule has 0 unspecified atom stereocenters. The van der Waals surface area contributed by atoms with Crippen LogP contribution in [0.2, 0.25) is 0 Å². The monoisotopic (exact) mass is 252 g/mol. The minimum absolute atomic E-state index is 0.244. The van der Waals surface area contributed by atoms with Crippen molar-refractivity contribution in [2.75, 3.05) is 6.61 Å². The van der Waals surface area contributed by atoms with Gasteiger partial charge in [0.2, 0.25) is 0 Å². The van der Waals surface area contributed by atoms with Crippen molar-refractivity contribution in [3.05, 3.63) is 35.4 Å². The van der Waals surface area contributed by atoms with Crippen molar-refractivity contribution >= 4 is 18.2 Å². The van der Waals surface area contributed by atoms with E-state index in [1.807, 2.05) is 0 Å². The zero-order valence-electron chi connectivity index (χ0n) is 10.4. The number of hydrogen-bond donors (Lipinski definition) is 1. The van der Waals surface area contributed by atoms with Gasteiger partial charge < -0.3 is 9.84 Å². The Morgan fingerprint density at radius 2 is 1.78 bits per heavy atom. The molecule has 5 nitrogen and oxygen atoms in total. The van der Waals surface area contributed by atoms with E-state index in [2.05, 4.69) is 0 Å². The number of carbonyl (C=O) groups excluding carboxylic acids is 2. The Labute approximate surface area is 105 Å². The maximum atomic E-state index is 11.1. The van der Waals surface area contributed by atoms with Crippen LogP contribution in [-0.2, 0) is 20.7 Å². The lowest BCUT2D eigenvalue weighted by Crippen LogP contribution is -2.07. The van der Waals surface area contributed by atoms with Gasteiger partial charge in [0.25, 0.3) is 5.97 Å². The van der Waals surface area contributed by atoms with Gasteiger partial charge in [0.15, 0.2) is 0 Å². The summed E-state index contributed by atoms with van der Waals surface area (Å²) in [5, 5.41) is 7.42. The third-order valence-electron chi connectivity index (χ3n) is 1.77. The van der Waals surface area contributed by atoms with Crippen molar-refractivity contribution in [2.45, 2.75) is 20.3 Å². The normalized spacial score (nSPS) is 8.78. The number of aldehydes is 1. The number of esters is 1. The highest BCUT2D eigenvalue weighted by Gasteiger charge is 2.02. The SMILES string of the molecule is CC(=O)O.CCOC(=O)Cc1ccc(C=O)cc1. The van der Waals surface area contributed by atoms with Gasteiger partial charge in [-0.25, -0.2) is 0 Å². The second-order valence-corrected chi connectivity index (χ2v) is 3.36. The molecule has 18 heavy (non-hydrogen) atoms. The second-order valence-electron chi connectivity index (χ2n) is 3.36. The lowest BCUT2D eigenvalue weighted by atomic mass is 10.1. The summed E-state index contributed by atoms with van der Waals surface area (Å²) < 4.78 is 4.79. The van der Waals surface area contributed by atoms with E-state index in [1.54, 1.807) is 31.2 Å². The molecule has 0 aliphatic rings. The van der Waals surface area contributed by atoms with Gasteiger partial charge in [0.1, 0.15) is 6.29 Å². The molecule has 0 aromatic heterocycles. The predicted octanol–water partition coefficient (Wildman–Crippen LogP) is 1.70. The van der Waals surface area contributed by atoms with E-state index in [-0.39, 0.29) is 12.4 Å². The lowest BCUT2D eigenvalue weighted by Gasteiger charge is -2.01. The minimum Gasteiger partial charge on any atom is -0.481 e. The quantitative estimate of drug-likeness (QED) is 0.651. The highest BCUT2D eigenvalue weighted by atomic mass is 16.5. The lowest BCUT2D eigenvalue weighted by molar-refractivity contribution is -0.142. The Balaban J connectivity index is 0.000000631. The predicted molar refractivity (Wildman–Crippen MR) is 65.5 cm³/mol. The van der Waals surface area contributed by atoms with Crippen LogP contribution in [0.1, 0.15) is 29.8 Å². The first-order chi connectivity index (χ1) is 8.49. The van der Waals surface area contributed by atoms with Gasteiger partial charge in [-0.05, 0) is 12.5 Å². The summed E-state index contributed by atoms with van der Waals surface area (Å²) in [6.07, 6.45) is 1.03. The van der Waals surface area contributed by atoms with Crippen molar-refractivity contribution in [2.24, 2.45) is 0 Å². The van der Waals surface area contributed by atoms with Gasteiger partial charge in [-0.3, -0.25) is 14.4 Å². The summed E-state index contributed by atoms with van der Waals surface area (Å²) in [5.41, 5.74) is 1.46. The average Bonchev–Trinajstić information content (AvgIpc) is 2.29. The molecular weight excluding hydrogens is 236 g/mol. The van der Waals surface area contributed by atoms with Crippen LogP contribution in [0.4, 0.5) is 0 Å². The van der Waals surface area contributed by atoms with Crippen LogP contribution in [0, 0.1) is 0 Å². The zero-order valence-corrected chi connectivity index (χ0v) is 10.4. The number of carboxylic acid groups (broad SMARTS) is 1. The van der Waals surface area contributed by atoms with Crippen molar-refractivity contribution in [1.82, 2.24) is 0 Å². The summed E-state index contributed by atoms with van der Waals surface area (Å²) in [6, 6.07) is 6.87. The maximum Gasteiger partial charge on any atom is 0.310 e. The summed E-state index contributed by atoms with van der Waals surface area (Å²) >= 11 is 0. The Bertz CT molecular complexity index is 390. The van der Waals surface area contributed by atoms with Crippen molar-refractivity contribution in [3.63, 3.8) is 0 Å². The third kappa shape index (κ3) is 8.04. The molecule has 1 rings (SSSR count). The van der Waals surface area contributed by atoms with Gasteiger partial charge in [-0.15, -0.1) is 0 Å². The molecule has 0 heterocycles. The molecule has 0 aliphatic carbocycles. The number of benzene rings is 1. The highest BCUT2D eigenvalue weighted by molar-refractivity contribution is 5.76. The highest BCUT2D eigenvalue weighted by Crippen LogP contribution is 2.04. The topological polar surface area (TPSA) is 80.7 Å². The van der Waals surface area contributed by atoms with E-state index >= 15 is 0 Å². The molecule has 0 spiro atoms. The van der Waals surface area contributed by atoms with Crippen molar-refractivity contribution < 1.29 is 24.2 Å². The molecule has 0 atom stereocenters. The molecule has 0 radical (unpaired) electrons. The third-order valence-corrected chi connectivity index (χ3v) is 1.77. The van der Waals surface area contributed by atoms with Gasteiger partial charge in [-0.2, -0.15) is 0 Å². The number of carboxylic acids is 1. The molecule has 0 aliphatic heterocycles. The first-order valence-electron chi connectivity index (χ1n) is 5.38. The second kappa shape index (κ2) is 8.92. The summed E-state index contributed by atoms with van der Waals surface area (Å²) in [5.74, 6) is -1.08. The first kappa shape index (κ1) is 15.8. The van der Waals surface area contributed by atoms with Crippen LogP contribution in [0.25, 0.3) is 0 Å². The molecule has 0 fully saturated rings. The fraction of sp³-hybridized carbons (Fsp3) is 0.308. The Morgan fingerprint density at radius 3 is 2.17 bits per heavy atom. The number of hydrogen-bond acceptors (Lipinski definition) is 4. The van der Waals surface area contributed by atoms with E-state index < -0.39 is 5.97 Å². The van der Waals surface area contributed by atoms with Gasteiger partial charge >= 0.3 is 5.97 Å². The fourth-order valence-corrected chi connectivity index (χ4v) is 1.09. The fourth-order valence-electron chi connectivity index (χ4n) is 1.09. The van der Waals surface area contributed by atoms with Crippen LogP contribution < -0.4 is 0 Å². The molecule has 98 valence electrons. The molecule has 0 saturated heterocycles. The molecule has 1 aromatic rings. The van der Waals surface area contributed by atoms with Gasteiger partial charge in [-0.1, -0.05) is 24.3 Å². The van der Waals surface area contributed by atoms with E-state index in [0.29, 0.717) is 12.2 Å². The van der Waals surface area contributed by atoms with Crippen LogP contribution >= 0.6 is 0 Å². The number of ether oxygens (including phenoxy) is 1. The smallest absolute Gasteiger partial charge is 0.310 e.